The molecule has 5 saturated carbocycles. The fourth-order valence-corrected chi connectivity index (χ4v) is 6.60. The smallest absolute Gasteiger partial charge is 0.0803 e. The van der Waals surface area contributed by atoms with E-state index in [9.17, 15) is 5.11 Å². The van der Waals surface area contributed by atoms with Gasteiger partial charge in [0.15, 0.2) is 0 Å². The second-order valence-corrected chi connectivity index (χ2v) is 8.42. The van der Waals surface area contributed by atoms with E-state index < -0.39 is 5.60 Å². The van der Waals surface area contributed by atoms with Gasteiger partial charge in [-0.1, -0.05) is 19.3 Å². The molecule has 5 rings (SSSR count). The van der Waals surface area contributed by atoms with Crippen molar-refractivity contribution in [2.24, 2.45) is 28.9 Å². The van der Waals surface area contributed by atoms with E-state index in [1.807, 2.05) is 0 Å². The summed E-state index contributed by atoms with van der Waals surface area (Å²) in [5, 5.41) is 11.1. The van der Waals surface area contributed by atoms with Crippen molar-refractivity contribution in [2.75, 3.05) is 0 Å². The molecule has 0 radical (unpaired) electrons. The molecule has 0 aromatic heterocycles. The Balaban J connectivity index is 1.60. The molecule has 0 heterocycles. The molecule has 4 bridgehead atoms. The molecule has 0 saturated heterocycles. The SMILES string of the molecule is NC(C1(O)CCCCC1)C12CC3CC(CC(C3)C1)C2. The average molecular weight is 263 g/mol. The maximum absolute atomic E-state index is 11.1. The Morgan fingerprint density at radius 3 is 1.79 bits per heavy atom. The minimum Gasteiger partial charge on any atom is -0.388 e. The molecule has 1 unspecified atom stereocenters. The van der Waals surface area contributed by atoms with Crippen LogP contribution < -0.4 is 5.73 Å². The van der Waals surface area contributed by atoms with Gasteiger partial charge in [0.1, 0.15) is 0 Å². The monoisotopic (exact) mass is 263 g/mol. The van der Waals surface area contributed by atoms with Crippen molar-refractivity contribution in [2.45, 2.75) is 82.3 Å². The van der Waals surface area contributed by atoms with Crippen LogP contribution in [0.3, 0.4) is 0 Å². The lowest BCUT2D eigenvalue weighted by Crippen LogP contribution is -2.63. The zero-order valence-electron chi connectivity index (χ0n) is 12.1. The highest BCUT2D eigenvalue weighted by molar-refractivity contribution is 5.10. The maximum Gasteiger partial charge on any atom is 0.0803 e. The van der Waals surface area contributed by atoms with Crippen LogP contribution in [0.2, 0.25) is 0 Å². The number of rotatable bonds is 2. The van der Waals surface area contributed by atoms with Gasteiger partial charge in [-0.25, -0.2) is 0 Å². The Morgan fingerprint density at radius 1 is 0.842 bits per heavy atom. The van der Waals surface area contributed by atoms with Crippen molar-refractivity contribution >= 4 is 0 Å². The van der Waals surface area contributed by atoms with E-state index in [1.165, 1.54) is 57.8 Å². The third kappa shape index (κ3) is 1.90. The maximum atomic E-state index is 11.1. The lowest BCUT2D eigenvalue weighted by Gasteiger charge is -2.61. The lowest BCUT2D eigenvalue weighted by molar-refractivity contribution is -0.130. The molecule has 0 aromatic rings. The first-order valence-corrected chi connectivity index (χ1v) is 8.58. The van der Waals surface area contributed by atoms with Crippen LogP contribution in [0.1, 0.15) is 70.6 Å². The van der Waals surface area contributed by atoms with Crippen LogP contribution in [0.25, 0.3) is 0 Å². The lowest BCUT2D eigenvalue weighted by atomic mass is 9.46. The van der Waals surface area contributed by atoms with Gasteiger partial charge < -0.3 is 10.8 Å². The molecule has 2 nitrogen and oxygen atoms in total. The summed E-state index contributed by atoms with van der Waals surface area (Å²) >= 11 is 0. The summed E-state index contributed by atoms with van der Waals surface area (Å²) in [6.07, 6.45) is 13.9. The van der Waals surface area contributed by atoms with Crippen molar-refractivity contribution < 1.29 is 5.11 Å². The van der Waals surface area contributed by atoms with Crippen molar-refractivity contribution in [3.05, 3.63) is 0 Å². The molecule has 0 aromatic carbocycles. The summed E-state index contributed by atoms with van der Waals surface area (Å²) in [5.41, 5.74) is 6.50. The number of nitrogens with two attached hydrogens (primary N) is 1. The molecule has 0 amide bonds. The van der Waals surface area contributed by atoms with E-state index in [1.54, 1.807) is 0 Å². The van der Waals surface area contributed by atoms with Crippen LogP contribution in [0, 0.1) is 23.2 Å². The molecule has 0 aliphatic heterocycles. The normalized spacial score (nSPS) is 49.3. The van der Waals surface area contributed by atoms with Crippen LogP contribution in [-0.2, 0) is 0 Å². The standard InChI is InChI=1S/C17H29NO/c18-15(17(19)4-2-1-3-5-17)16-9-12-6-13(10-16)8-14(7-12)11-16/h12-15,19H,1-11,18H2. The molecular formula is C17H29NO. The zero-order chi connectivity index (χ0) is 13.1. The van der Waals surface area contributed by atoms with Crippen LogP contribution in [0.5, 0.6) is 0 Å². The molecule has 5 aliphatic rings. The van der Waals surface area contributed by atoms with Crippen LogP contribution in [-0.4, -0.2) is 16.7 Å². The highest BCUT2D eigenvalue weighted by Crippen LogP contribution is 2.62. The largest absolute Gasteiger partial charge is 0.388 e. The van der Waals surface area contributed by atoms with Crippen molar-refractivity contribution in [1.82, 2.24) is 0 Å². The van der Waals surface area contributed by atoms with Gasteiger partial charge in [-0.2, -0.15) is 0 Å². The summed E-state index contributed by atoms with van der Waals surface area (Å²) in [7, 11) is 0. The molecular weight excluding hydrogens is 234 g/mol. The second-order valence-electron chi connectivity index (χ2n) is 8.42. The quantitative estimate of drug-likeness (QED) is 0.803. The van der Waals surface area contributed by atoms with E-state index in [2.05, 4.69) is 0 Å². The second kappa shape index (κ2) is 4.21. The number of aliphatic hydroxyl groups is 1. The molecule has 19 heavy (non-hydrogen) atoms. The van der Waals surface area contributed by atoms with E-state index in [4.69, 9.17) is 5.73 Å². The minimum absolute atomic E-state index is 0.0497. The first-order valence-electron chi connectivity index (χ1n) is 8.58. The molecule has 2 heteroatoms. The Labute approximate surface area is 117 Å². The molecule has 0 spiro atoms. The summed E-state index contributed by atoms with van der Waals surface area (Å²) < 4.78 is 0. The van der Waals surface area contributed by atoms with Gasteiger partial charge in [0.2, 0.25) is 0 Å². The van der Waals surface area contributed by atoms with E-state index in [0.717, 1.165) is 30.6 Å². The van der Waals surface area contributed by atoms with Gasteiger partial charge in [0.05, 0.1) is 5.60 Å². The predicted octanol–water partition coefficient (Wildman–Crippen LogP) is 3.23. The van der Waals surface area contributed by atoms with Crippen molar-refractivity contribution in [1.29, 1.82) is 0 Å². The predicted molar refractivity (Wildman–Crippen MR) is 76.6 cm³/mol. The summed E-state index contributed by atoms with van der Waals surface area (Å²) in [4.78, 5) is 0. The summed E-state index contributed by atoms with van der Waals surface area (Å²) in [6.45, 7) is 0. The van der Waals surface area contributed by atoms with Gasteiger partial charge in [-0.3, -0.25) is 0 Å². The van der Waals surface area contributed by atoms with Crippen molar-refractivity contribution in [3.63, 3.8) is 0 Å². The first-order chi connectivity index (χ1) is 9.10. The Morgan fingerprint density at radius 2 is 1.32 bits per heavy atom. The van der Waals surface area contributed by atoms with Gasteiger partial charge in [-0.05, 0) is 74.5 Å². The van der Waals surface area contributed by atoms with Crippen LogP contribution in [0.4, 0.5) is 0 Å². The van der Waals surface area contributed by atoms with Gasteiger partial charge in [0, 0.05) is 6.04 Å². The highest BCUT2D eigenvalue weighted by atomic mass is 16.3. The minimum atomic E-state index is -0.538. The van der Waals surface area contributed by atoms with E-state index >= 15 is 0 Å². The zero-order valence-corrected chi connectivity index (χ0v) is 12.1. The number of hydrogen-bond acceptors (Lipinski definition) is 2. The molecule has 5 aliphatic carbocycles. The van der Waals surface area contributed by atoms with Gasteiger partial charge in [0.25, 0.3) is 0 Å². The number of hydrogen-bond donors (Lipinski definition) is 2. The summed E-state index contributed by atoms with van der Waals surface area (Å²) in [6, 6.07) is 0.0497. The molecule has 3 N–H and O–H groups in total. The molecule has 5 fully saturated rings. The van der Waals surface area contributed by atoms with Crippen molar-refractivity contribution in [3.8, 4) is 0 Å². The van der Waals surface area contributed by atoms with Gasteiger partial charge in [-0.15, -0.1) is 0 Å². The highest BCUT2D eigenvalue weighted by Gasteiger charge is 2.57. The molecule has 1 atom stereocenters. The topological polar surface area (TPSA) is 46.2 Å². The first kappa shape index (κ1) is 12.6. The third-order valence-corrected chi connectivity index (χ3v) is 7.04. The Bertz CT molecular complexity index is 323. The van der Waals surface area contributed by atoms with E-state index in [0.29, 0.717) is 5.41 Å². The molecule has 108 valence electrons. The van der Waals surface area contributed by atoms with E-state index in [-0.39, 0.29) is 6.04 Å². The van der Waals surface area contributed by atoms with Gasteiger partial charge >= 0.3 is 0 Å². The Hall–Kier alpha value is -0.0800. The van der Waals surface area contributed by atoms with Crippen LogP contribution >= 0.6 is 0 Å². The Kier molecular flexibility index (Phi) is 2.80. The van der Waals surface area contributed by atoms with Crippen LogP contribution in [0.15, 0.2) is 0 Å². The summed E-state index contributed by atoms with van der Waals surface area (Å²) in [5.74, 6) is 2.80. The average Bonchev–Trinajstić information content (AvgIpc) is 2.37. The fourth-order valence-electron chi connectivity index (χ4n) is 6.60. The third-order valence-electron chi connectivity index (χ3n) is 7.04. The fraction of sp³-hybridized carbons (Fsp3) is 1.00.